The number of nitrogens with zero attached hydrogens (tertiary/aromatic N) is 4. The maximum Gasteiger partial charge on any atom is 0.261 e. The summed E-state index contributed by atoms with van der Waals surface area (Å²) in [5, 5.41) is 6.16. The fraction of sp³-hybridized carbons (Fsp3) is 0.250. The number of aryl methyl sites for hydroxylation is 1. The Morgan fingerprint density at radius 1 is 0.970 bits per heavy atom. The molecule has 0 saturated carbocycles. The van der Waals surface area contributed by atoms with E-state index in [-0.39, 0.29) is 0 Å². The van der Waals surface area contributed by atoms with Gasteiger partial charge in [0.2, 0.25) is 5.95 Å². The second-order valence-electron chi connectivity index (χ2n) is 8.53. The number of aromatic amines is 1. The van der Waals surface area contributed by atoms with E-state index in [4.69, 9.17) is 9.97 Å². The predicted molar refractivity (Wildman–Crippen MR) is 130 cm³/mol. The number of amides is 2. The van der Waals surface area contributed by atoms with Crippen LogP contribution in [0.1, 0.15) is 16.8 Å². The van der Waals surface area contributed by atoms with Gasteiger partial charge in [-0.1, -0.05) is 18.2 Å². The number of carbonyl (C=O) groups is 2. The van der Waals surface area contributed by atoms with Crippen molar-refractivity contribution in [1.29, 1.82) is 0 Å². The van der Waals surface area contributed by atoms with Crippen LogP contribution in [0.25, 0.3) is 32.3 Å². The number of aromatic nitrogens is 3. The minimum Gasteiger partial charge on any atom is -0.352 e. The van der Waals surface area contributed by atoms with Crippen molar-refractivity contribution in [2.24, 2.45) is 0 Å². The molecule has 0 spiro atoms. The van der Waals surface area contributed by atoms with Gasteiger partial charge in [0.15, 0.2) is 0 Å². The highest BCUT2D eigenvalue weighted by Crippen LogP contribution is 2.38. The van der Waals surface area contributed by atoms with Crippen molar-refractivity contribution in [3.63, 3.8) is 0 Å². The first-order chi connectivity index (χ1) is 16.0. The summed E-state index contributed by atoms with van der Waals surface area (Å²) in [4.78, 5) is 44.5. The van der Waals surface area contributed by atoms with Gasteiger partial charge in [-0.3, -0.25) is 14.9 Å². The number of anilines is 1. The first-order valence-corrected chi connectivity index (χ1v) is 11.8. The highest BCUT2D eigenvalue weighted by atomic mass is 32.1. The molecule has 2 amide bonds. The van der Waals surface area contributed by atoms with Crippen molar-refractivity contribution in [3.8, 4) is 0 Å². The molecule has 6 rings (SSSR count). The minimum atomic E-state index is -0.426. The molecule has 1 fully saturated rings. The first-order valence-electron chi connectivity index (χ1n) is 10.9. The number of carbonyl (C=O) groups excluding carboxylic acids is 2. The number of hydrogen-bond acceptors (Lipinski definition) is 7. The van der Waals surface area contributed by atoms with Gasteiger partial charge < -0.3 is 14.8 Å². The lowest BCUT2D eigenvalue weighted by Gasteiger charge is -2.32. The zero-order chi connectivity index (χ0) is 22.7. The third kappa shape index (κ3) is 3.15. The molecule has 3 aromatic heterocycles. The monoisotopic (exact) mass is 458 g/mol. The first kappa shape index (κ1) is 20.1. The summed E-state index contributed by atoms with van der Waals surface area (Å²) in [6, 6.07) is 7.82. The molecule has 0 radical (unpaired) electrons. The highest BCUT2D eigenvalue weighted by Gasteiger charge is 2.36. The summed E-state index contributed by atoms with van der Waals surface area (Å²) < 4.78 is 0. The summed E-state index contributed by atoms with van der Waals surface area (Å²) in [6.07, 6.45) is 1.80. The average Bonchev–Trinajstić information content (AvgIpc) is 3.49. The summed E-state index contributed by atoms with van der Waals surface area (Å²) in [7, 11) is 2.10. The number of thiophene rings is 1. The average molecular weight is 459 g/mol. The Bertz CT molecular complexity index is 1470. The molecule has 1 aromatic carbocycles. The van der Waals surface area contributed by atoms with Gasteiger partial charge in [0.25, 0.3) is 11.8 Å². The van der Waals surface area contributed by atoms with Crippen LogP contribution >= 0.6 is 11.3 Å². The van der Waals surface area contributed by atoms with Crippen LogP contribution in [0.4, 0.5) is 5.95 Å². The molecule has 2 aliphatic rings. The Balaban J connectivity index is 1.63. The molecule has 9 heteroatoms. The van der Waals surface area contributed by atoms with Gasteiger partial charge in [0, 0.05) is 48.7 Å². The fourth-order valence-corrected chi connectivity index (χ4v) is 5.39. The third-order valence-corrected chi connectivity index (χ3v) is 7.29. The van der Waals surface area contributed by atoms with Gasteiger partial charge in [-0.15, -0.1) is 11.3 Å². The molecule has 5 heterocycles. The Morgan fingerprint density at radius 2 is 1.76 bits per heavy atom. The normalized spacial score (nSPS) is 17.6. The summed E-state index contributed by atoms with van der Waals surface area (Å²) in [5.41, 5.74) is 3.67. The van der Waals surface area contributed by atoms with E-state index >= 15 is 0 Å². The number of H-pyrrole nitrogens is 1. The molecular weight excluding hydrogens is 436 g/mol. The van der Waals surface area contributed by atoms with E-state index in [0.29, 0.717) is 28.4 Å². The van der Waals surface area contributed by atoms with Crippen LogP contribution in [-0.4, -0.2) is 64.9 Å². The van der Waals surface area contributed by atoms with Crippen molar-refractivity contribution in [2.75, 3.05) is 38.1 Å². The van der Waals surface area contributed by atoms with Gasteiger partial charge in [0.05, 0.1) is 22.4 Å². The Hall–Kier alpha value is -3.56. The smallest absolute Gasteiger partial charge is 0.261 e. The number of likely N-dealkylation sites (N-methyl/N-ethyl adjacent to an activating group) is 1. The van der Waals surface area contributed by atoms with Crippen LogP contribution in [0.3, 0.4) is 0 Å². The van der Waals surface area contributed by atoms with E-state index in [0.717, 1.165) is 52.9 Å². The van der Waals surface area contributed by atoms with Crippen molar-refractivity contribution in [3.05, 3.63) is 52.7 Å². The maximum absolute atomic E-state index is 13.1. The second kappa shape index (κ2) is 7.50. The molecule has 2 N–H and O–H groups in total. The van der Waals surface area contributed by atoms with E-state index in [9.17, 15) is 9.59 Å². The molecule has 1 saturated heterocycles. The van der Waals surface area contributed by atoms with Gasteiger partial charge in [-0.2, -0.15) is 0 Å². The third-order valence-electron chi connectivity index (χ3n) is 6.44. The van der Waals surface area contributed by atoms with E-state index < -0.39 is 11.8 Å². The van der Waals surface area contributed by atoms with Gasteiger partial charge in [-0.05, 0) is 31.0 Å². The summed E-state index contributed by atoms with van der Waals surface area (Å²) >= 11 is 1.56. The van der Waals surface area contributed by atoms with Crippen LogP contribution in [0.15, 0.2) is 35.8 Å². The molecule has 0 bridgehead atoms. The lowest BCUT2D eigenvalue weighted by molar-refractivity contribution is -0.122. The van der Waals surface area contributed by atoms with Gasteiger partial charge >= 0.3 is 0 Å². The molecule has 33 heavy (non-hydrogen) atoms. The molecule has 166 valence electrons. The topological polar surface area (TPSA) is 94.2 Å². The number of para-hydroxylation sites is 1. The number of benzene rings is 1. The van der Waals surface area contributed by atoms with Crippen LogP contribution < -0.4 is 10.2 Å². The van der Waals surface area contributed by atoms with Crippen LogP contribution in [0, 0.1) is 6.92 Å². The SMILES string of the molecule is Cc1cccc2c(C3=C(c4c[nH]c5sccc45)C(=O)NC3=O)nc(N3CCN(C)CC3)nc12. The van der Waals surface area contributed by atoms with Crippen molar-refractivity contribution >= 4 is 61.4 Å². The summed E-state index contributed by atoms with van der Waals surface area (Å²) in [6.45, 7) is 5.44. The number of imide groups is 1. The van der Waals surface area contributed by atoms with E-state index in [1.807, 2.05) is 36.6 Å². The zero-order valence-corrected chi connectivity index (χ0v) is 19.1. The van der Waals surface area contributed by atoms with Crippen LogP contribution in [-0.2, 0) is 9.59 Å². The number of fused-ring (bicyclic) bond motifs is 2. The second-order valence-corrected chi connectivity index (χ2v) is 9.45. The van der Waals surface area contributed by atoms with Crippen molar-refractivity contribution in [1.82, 2.24) is 25.2 Å². The van der Waals surface area contributed by atoms with Gasteiger partial charge in [0.1, 0.15) is 4.83 Å². The molecular formula is C24H22N6O2S. The van der Waals surface area contributed by atoms with Crippen molar-refractivity contribution in [2.45, 2.75) is 6.92 Å². The quantitative estimate of drug-likeness (QED) is 0.459. The maximum atomic E-state index is 13.1. The molecule has 0 atom stereocenters. The van der Waals surface area contributed by atoms with E-state index in [1.165, 1.54) is 0 Å². The Labute approximate surface area is 193 Å². The largest absolute Gasteiger partial charge is 0.352 e. The number of piperazine rings is 1. The fourth-order valence-electron chi connectivity index (χ4n) is 4.62. The molecule has 0 unspecified atom stereocenters. The Morgan fingerprint density at radius 3 is 2.58 bits per heavy atom. The summed E-state index contributed by atoms with van der Waals surface area (Å²) in [5.74, 6) is -0.235. The van der Waals surface area contributed by atoms with E-state index in [1.54, 1.807) is 17.5 Å². The highest BCUT2D eigenvalue weighted by molar-refractivity contribution is 7.16. The van der Waals surface area contributed by atoms with Crippen LogP contribution in [0.2, 0.25) is 0 Å². The lowest BCUT2D eigenvalue weighted by Crippen LogP contribution is -2.45. The lowest BCUT2D eigenvalue weighted by atomic mass is 9.97. The zero-order valence-electron chi connectivity index (χ0n) is 18.3. The van der Waals surface area contributed by atoms with E-state index in [2.05, 4.69) is 27.1 Å². The Kier molecular flexibility index (Phi) is 4.56. The standard InChI is InChI=1S/C24H22N6O2S/c1-13-4-3-5-15-19(13)26-24(30-9-7-29(2)8-10-30)27-20(15)18-17(21(31)28-22(18)32)16-12-25-23-14(16)6-11-33-23/h3-6,11-12,25H,7-10H2,1-2H3,(H,28,31,32). The number of rotatable bonds is 3. The van der Waals surface area contributed by atoms with Crippen molar-refractivity contribution < 1.29 is 9.59 Å². The molecule has 8 nitrogen and oxygen atoms in total. The molecule has 0 aliphatic carbocycles. The molecule has 4 aromatic rings. The number of hydrogen-bond donors (Lipinski definition) is 2. The number of nitrogens with one attached hydrogen (secondary N) is 2. The molecule has 2 aliphatic heterocycles. The van der Waals surface area contributed by atoms with Gasteiger partial charge in [-0.25, -0.2) is 9.97 Å². The minimum absolute atomic E-state index is 0.306. The predicted octanol–water partition coefficient (Wildman–Crippen LogP) is 2.80. The van der Waals surface area contributed by atoms with Crippen LogP contribution in [0.5, 0.6) is 0 Å².